The first kappa shape index (κ1) is 8.52. The number of carbonyl (C=O) groups excluding carboxylic acids is 1. The van der Waals surface area contributed by atoms with Gasteiger partial charge < -0.3 is 9.47 Å². The zero-order chi connectivity index (χ0) is 8.97. The molecule has 0 N–H and O–H groups in total. The summed E-state index contributed by atoms with van der Waals surface area (Å²) in [5.41, 5.74) is 0. The van der Waals surface area contributed by atoms with Gasteiger partial charge in [-0.1, -0.05) is 0 Å². The summed E-state index contributed by atoms with van der Waals surface area (Å²) in [6, 6.07) is 1.62. The number of methoxy groups -OCH3 is 1. The lowest BCUT2D eigenvalue weighted by Gasteiger charge is -2.05. The van der Waals surface area contributed by atoms with E-state index in [0.29, 0.717) is 11.5 Å². The van der Waals surface area contributed by atoms with Crippen molar-refractivity contribution in [2.24, 2.45) is 0 Å². The number of esters is 1. The number of hydrogen-bond acceptors (Lipinski definition) is 4. The third-order valence-corrected chi connectivity index (χ3v) is 1.22. The Morgan fingerprint density at radius 2 is 2.25 bits per heavy atom. The smallest absolute Gasteiger partial charge is 0.308 e. The van der Waals surface area contributed by atoms with Crippen molar-refractivity contribution in [2.45, 2.75) is 6.92 Å². The molecular weight excluding hydrogens is 158 g/mol. The molecule has 1 aromatic rings. The topological polar surface area (TPSA) is 48.4 Å². The quantitative estimate of drug-likeness (QED) is 0.617. The monoisotopic (exact) mass is 167 g/mol. The molecule has 0 saturated heterocycles. The van der Waals surface area contributed by atoms with E-state index in [9.17, 15) is 4.79 Å². The van der Waals surface area contributed by atoms with Gasteiger partial charge >= 0.3 is 5.97 Å². The van der Waals surface area contributed by atoms with E-state index in [1.165, 1.54) is 20.2 Å². The molecule has 12 heavy (non-hydrogen) atoms. The fraction of sp³-hybridized carbons (Fsp3) is 0.250. The van der Waals surface area contributed by atoms with Crippen LogP contribution in [0.5, 0.6) is 11.5 Å². The zero-order valence-corrected chi connectivity index (χ0v) is 6.90. The summed E-state index contributed by atoms with van der Waals surface area (Å²) in [4.78, 5) is 14.4. The lowest BCUT2D eigenvalue weighted by atomic mass is 10.4. The maximum Gasteiger partial charge on any atom is 0.308 e. The summed E-state index contributed by atoms with van der Waals surface area (Å²) in [7, 11) is 1.50. The van der Waals surface area contributed by atoms with Gasteiger partial charge in [-0.3, -0.25) is 9.78 Å². The maximum absolute atomic E-state index is 10.6. The Bertz CT molecular complexity index is 285. The number of carbonyl (C=O) groups is 1. The average molecular weight is 167 g/mol. The van der Waals surface area contributed by atoms with Gasteiger partial charge in [0.25, 0.3) is 0 Å². The van der Waals surface area contributed by atoms with Gasteiger partial charge in [-0.2, -0.15) is 0 Å². The summed E-state index contributed by atoms with van der Waals surface area (Å²) in [6.07, 6.45) is 2.99. The van der Waals surface area contributed by atoms with Crippen LogP contribution in [0.2, 0.25) is 0 Å². The van der Waals surface area contributed by atoms with Crippen molar-refractivity contribution in [1.82, 2.24) is 4.98 Å². The predicted molar refractivity (Wildman–Crippen MR) is 42.1 cm³/mol. The molecule has 0 aromatic carbocycles. The van der Waals surface area contributed by atoms with E-state index in [-0.39, 0.29) is 5.97 Å². The number of rotatable bonds is 2. The summed E-state index contributed by atoms with van der Waals surface area (Å²) >= 11 is 0. The van der Waals surface area contributed by atoms with Gasteiger partial charge in [0.15, 0.2) is 11.5 Å². The Labute approximate surface area is 70.1 Å². The minimum absolute atomic E-state index is 0.340. The van der Waals surface area contributed by atoms with E-state index >= 15 is 0 Å². The van der Waals surface area contributed by atoms with Crippen molar-refractivity contribution >= 4 is 5.97 Å². The van der Waals surface area contributed by atoms with Crippen LogP contribution >= 0.6 is 0 Å². The molecule has 4 heteroatoms. The number of ether oxygens (including phenoxy) is 2. The lowest BCUT2D eigenvalue weighted by Crippen LogP contribution is -2.03. The Balaban J connectivity index is 2.89. The molecule has 0 aliphatic heterocycles. The molecule has 0 spiro atoms. The molecule has 1 heterocycles. The largest absolute Gasteiger partial charge is 0.493 e. The van der Waals surface area contributed by atoms with Crippen molar-refractivity contribution < 1.29 is 14.3 Å². The molecule has 4 nitrogen and oxygen atoms in total. The Morgan fingerprint density at radius 3 is 2.83 bits per heavy atom. The molecule has 0 atom stereocenters. The summed E-state index contributed by atoms with van der Waals surface area (Å²) in [5.74, 6) is 0.453. The van der Waals surface area contributed by atoms with E-state index in [1.54, 1.807) is 12.3 Å². The minimum atomic E-state index is -0.388. The second-order valence-corrected chi connectivity index (χ2v) is 2.12. The Morgan fingerprint density at radius 1 is 1.50 bits per heavy atom. The zero-order valence-electron chi connectivity index (χ0n) is 6.90. The second kappa shape index (κ2) is 3.71. The van der Waals surface area contributed by atoms with Crippen LogP contribution in [0.25, 0.3) is 0 Å². The Kier molecular flexibility index (Phi) is 2.63. The third-order valence-electron chi connectivity index (χ3n) is 1.22. The van der Waals surface area contributed by atoms with Gasteiger partial charge in [0.2, 0.25) is 0 Å². The minimum Gasteiger partial charge on any atom is -0.493 e. The van der Waals surface area contributed by atoms with Gasteiger partial charge in [-0.15, -0.1) is 0 Å². The van der Waals surface area contributed by atoms with Gasteiger partial charge in [0.05, 0.1) is 13.3 Å². The van der Waals surface area contributed by atoms with Crippen molar-refractivity contribution in [3.8, 4) is 11.5 Å². The van der Waals surface area contributed by atoms with Crippen LogP contribution in [-0.2, 0) is 4.79 Å². The standard InChI is InChI=1S/C8H9NO3/c1-6(10)12-8-5-9-4-3-7(8)11-2/h3-5H,1-2H3. The molecule has 64 valence electrons. The molecule has 0 fully saturated rings. The fourth-order valence-corrected chi connectivity index (χ4v) is 0.767. The Hall–Kier alpha value is -1.58. The van der Waals surface area contributed by atoms with Crippen LogP contribution in [0.3, 0.4) is 0 Å². The van der Waals surface area contributed by atoms with Crippen LogP contribution in [0.15, 0.2) is 18.5 Å². The molecule has 0 aliphatic rings. The van der Waals surface area contributed by atoms with Crippen LogP contribution < -0.4 is 9.47 Å². The van der Waals surface area contributed by atoms with Gasteiger partial charge in [-0.25, -0.2) is 0 Å². The highest BCUT2D eigenvalue weighted by molar-refractivity contribution is 5.70. The fourth-order valence-electron chi connectivity index (χ4n) is 0.767. The van der Waals surface area contributed by atoms with E-state index in [4.69, 9.17) is 9.47 Å². The number of nitrogens with zero attached hydrogens (tertiary/aromatic N) is 1. The average Bonchev–Trinajstić information content (AvgIpc) is 2.04. The third kappa shape index (κ3) is 1.95. The first-order valence-corrected chi connectivity index (χ1v) is 3.40. The highest BCUT2D eigenvalue weighted by Crippen LogP contribution is 2.24. The van der Waals surface area contributed by atoms with Gasteiger partial charge in [-0.05, 0) is 0 Å². The highest BCUT2D eigenvalue weighted by Gasteiger charge is 2.04. The normalized spacial score (nSPS) is 9.17. The van der Waals surface area contributed by atoms with Crippen molar-refractivity contribution in [2.75, 3.05) is 7.11 Å². The van der Waals surface area contributed by atoms with Crippen molar-refractivity contribution in [1.29, 1.82) is 0 Å². The van der Waals surface area contributed by atoms with Gasteiger partial charge in [0, 0.05) is 19.2 Å². The second-order valence-electron chi connectivity index (χ2n) is 2.12. The number of aromatic nitrogens is 1. The summed E-state index contributed by atoms with van der Waals surface area (Å²) < 4.78 is 9.74. The highest BCUT2D eigenvalue weighted by atomic mass is 16.6. The van der Waals surface area contributed by atoms with Crippen LogP contribution in [-0.4, -0.2) is 18.1 Å². The van der Waals surface area contributed by atoms with Crippen molar-refractivity contribution in [3.05, 3.63) is 18.5 Å². The SMILES string of the molecule is COc1ccncc1OC(C)=O. The van der Waals surface area contributed by atoms with Gasteiger partial charge in [0.1, 0.15) is 0 Å². The van der Waals surface area contributed by atoms with Crippen LogP contribution in [0.4, 0.5) is 0 Å². The lowest BCUT2D eigenvalue weighted by molar-refractivity contribution is -0.132. The van der Waals surface area contributed by atoms with E-state index < -0.39 is 0 Å². The number of hydrogen-bond donors (Lipinski definition) is 0. The first-order valence-electron chi connectivity index (χ1n) is 3.40. The van der Waals surface area contributed by atoms with E-state index in [2.05, 4.69) is 4.98 Å². The predicted octanol–water partition coefficient (Wildman–Crippen LogP) is 1.02. The van der Waals surface area contributed by atoms with E-state index in [0.717, 1.165) is 0 Å². The molecule has 0 saturated carbocycles. The molecule has 1 aromatic heterocycles. The maximum atomic E-state index is 10.6. The molecular formula is C8H9NO3. The molecule has 0 radical (unpaired) electrons. The summed E-state index contributed by atoms with van der Waals surface area (Å²) in [6.45, 7) is 1.33. The van der Waals surface area contributed by atoms with Crippen LogP contribution in [0, 0.1) is 0 Å². The number of pyridine rings is 1. The molecule has 0 unspecified atom stereocenters. The van der Waals surface area contributed by atoms with Crippen molar-refractivity contribution in [3.63, 3.8) is 0 Å². The van der Waals surface area contributed by atoms with E-state index in [1.807, 2.05) is 0 Å². The summed E-state index contributed by atoms with van der Waals surface area (Å²) in [5, 5.41) is 0. The molecule has 0 bridgehead atoms. The molecule has 0 amide bonds. The molecule has 1 rings (SSSR count). The molecule has 0 aliphatic carbocycles. The first-order chi connectivity index (χ1) is 5.74. The van der Waals surface area contributed by atoms with Crippen LogP contribution in [0.1, 0.15) is 6.92 Å².